The molecule has 30 heavy (non-hydrogen) atoms. The molecule has 1 atom stereocenters. The van der Waals surface area contributed by atoms with Crippen molar-refractivity contribution in [1.82, 2.24) is 4.90 Å². The second kappa shape index (κ2) is 9.20. The van der Waals surface area contributed by atoms with Crippen LogP contribution >= 0.6 is 0 Å². The molecule has 1 aliphatic heterocycles. The molecular formula is C24H28N2O4. The molecule has 0 saturated heterocycles. The molecular weight excluding hydrogens is 380 g/mol. The number of hydrogen-bond acceptors (Lipinski definition) is 5. The first-order valence-electron chi connectivity index (χ1n) is 10.4. The molecule has 6 nitrogen and oxygen atoms in total. The molecule has 0 bridgehead atoms. The molecule has 4 rings (SSSR count). The van der Waals surface area contributed by atoms with E-state index in [1.165, 1.54) is 0 Å². The zero-order valence-corrected chi connectivity index (χ0v) is 17.5. The van der Waals surface area contributed by atoms with Crippen molar-refractivity contribution in [2.24, 2.45) is 11.1 Å². The highest BCUT2D eigenvalue weighted by atomic mass is 16.6. The number of hydrogen-bond donors (Lipinski definition) is 0. The Morgan fingerprint density at radius 3 is 2.53 bits per heavy atom. The summed E-state index contributed by atoms with van der Waals surface area (Å²) >= 11 is 0. The van der Waals surface area contributed by atoms with Crippen LogP contribution in [0, 0.1) is 5.92 Å². The fourth-order valence-corrected chi connectivity index (χ4v) is 3.86. The third kappa shape index (κ3) is 4.58. The Kier molecular flexibility index (Phi) is 6.21. The Morgan fingerprint density at radius 2 is 1.87 bits per heavy atom. The van der Waals surface area contributed by atoms with E-state index in [2.05, 4.69) is 5.16 Å². The van der Waals surface area contributed by atoms with Crippen molar-refractivity contribution in [2.45, 2.75) is 38.3 Å². The van der Waals surface area contributed by atoms with Gasteiger partial charge < -0.3 is 19.2 Å². The fraction of sp³-hybridized carbons (Fsp3) is 0.417. The number of methoxy groups -OCH3 is 2. The summed E-state index contributed by atoms with van der Waals surface area (Å²) in [5.41, 5.74) is 2.97. The van der Waals surface area contributed by atoms with Gasteiger partial charge in [-0.3, -0.25) is 4.79 Å². The molecule has 1 aliphatic carbocycles. The minimum absolute atomic E-state index is 0.138. The van der Waals surface area contributed by atoms with Gasteiger partial charge in [0.25, 0.3) is 0 Å². The highest BCUT2D eigenvalue weighted by molar-refractivity contribution is 6.01. The van der Waals surface area contributed by atoms with Gasteiger partial charge in [0.15, 0.2) is 6.10 Å². The van der Waals surface area contributed by atoms with Crippen LogP contribution in [0.25, 0.3) is 0 Å². The number of ether oxygens (including phenoxy) is 2. The van der Waals surface area contributed by atoms with E-state index in [0.717, 1.165) is 47.6 Å². The molecule has 2 aliphatic rings. The van der Waals surface area contributed by atoms with E-state index in [4.69, 9.17) is 14.3 Å². The Hall–Kier alpha value is -3.02. The van der Waals surface area contributed by atoms with Crippen LogP contribution in [0.3, 0.4) is 0 Å². The minimum Gasteiger partial charge on any atom is -0.497 e. The van der Waals surface area contributed by atoms with Crippen LogP contribution < -0.4 is 9.47 Å². The summed E-state index contributed by atoms with van der Waals surface area (Å²) < 4.78 is 10.6. The summed E-state index contributed by atoms with van der Waals surface area (Å²) in [6.45, 7) is 1.07. The van der Waals surface area contributed by atoms with E-state index in [1.54, 1.807) is 14.2 Å². The van der Waals surface area contributed by atoms with E-state index in [1.807, 2.05) is 53.4 Å². The quantitative estimate of drug-likeness (QED) is 0.662. The van der Waals surface area contributed by atoms with E-state index in [9.17, 15) is 4.79 Å². The highest BCUT2D eigenvalue weighted by Crippen LogP contribution is 2.30. The molecule has 158 valence electrons. The van der Waals surface area contributed by atoms with Gasteiger partial charge in [-0.25, -0.2) is 0 Å². The van der Waals surface area contributed by atoms with Crippen molar-refractivity contribution in [1.29, 1.82) is 0 Å². The molecule has 1 heterocycles. The molecule has 0 N–H and O–H groups in total. The minimum atomic E-state index is -0.142. The fourth-order valence-electron chi connectivity index (χ4n) is 3.86. The second-order valence-electron chi connectivity index (χ2n) is 7.90. The van der Waals surface area contributed by atoms with Gasteiger partial charge in [0, 0.05) is 18.9 Å². The van der Waals surface area contributed by atoms with E-state index < -0.39 is 0 Å². The standard InChI is InChI=1S/C24H28N2O4/c1-28-20-11-9-18(10-12-20)23-14-22(30-25-23)16-26(24(27)19-6-4-7-19)15-17-5-3-8-21(13-17)29-2/h3,5,8-13,19,22H,4,6-7,14-16H2,1-2H3. The Morgan fingerprint density at radius 1 is 1.10 bits per heavy atom. The molecule has 0 aromatic heterocycles. The topological polar surface area (TPSA) is 60.4 Å². The Balaban J connectivity index is 1.43. The lowest BCUT2D eigenvalue weighted by Crippen LogP contribution is -2.42. The lowest BCUT2D eigenvalue weighted by Gasteiger charge is -2.32. The van der Waals surface area contributed by atoms with Crippen LogP contribution in [0.1, 0.15) is 36.8 Å². The van der Waals surface area contributed by atoms with Crippen LogP contribution in [0.5, 0.6) is 11.5 Å². The number of carbonyl (C=O) groups is 1. The largest absolute Gasteiger partial charge is 0.497 e. The van der Waals surface area contributed by atoms with Crippen molar-refractivity contribution in [3.8, 4) is 11.5 Å². The summed E-state index contributed by atoms with van der Waals surface area (Å²) in [6, 6.07) is 15.7. The summed E-state index contributed by atoms with van der Waals surface area (Å²) in [5.74, 6) is 1.96. The van der Waals surface area contributed by atoms with Crippen molar-refractivity contribution in [2.75, 3.05) is 20.8 Å². The average Bonchev–Trinajstić information content (AvgIpc) is 3.21. The zero-order chi connectivity index (χ0) is 20.9. The molecule has 1 saturated carbocycles. The van der Waals surface area contributed by atoms with Crippen LogP contribution in [0.2, 0.25) is 0 Å². The summed E-state index contributed by atoms with van der Waals surface area (Å²) in [7, 11) is 3.30. The lowest BCUT2D eigenvalue weighted by atomic mass is 9.84. The first-order valence-corrected chi connectivity index (χ1v) is 10.4. The first kappa shape index (κ1) is 20.3. The molecule has 1 amide bonds. The van der Waals surface area contributed by atoms with Gasteiger partial charge >= 0.3 is 0 Å². The maximum atomic E-state index is 13.1. The predicted molar refractivity (Wildman–Crippen MR) is 115 cm³/mol. The Bertz CT molecular complexity index is 906. The number of benzene rings is 2. The van der Waals surface area contributed by atoms with Gasteiger partial charge in [-0.05, 0) is 60.4 Å². The Labute approximate surface area is 177 Å². The van der Waals surface area contributed by atoms with Crippen LogP contribution in [-0.2, 0) is 16.2 Å². The predicted octanol–water partition coefficient (Wildman–Crippen LogP) is 4.03. The SMILES string of the molecule is COc1ccc(C2=NOC(CN(Cc3cccc(OC)c3)C(=O)C3CCC3)C2)cc1. The van der Waals surface area contributed by atoms with E-state index >= 15 is 0 Å². The second-order valence-corrected chi connectivity index (χ2v) is 7.90. The molecule has 6 heteroatoms. The number of amides is 1. The number of carbonyl (C=O) groups excluding carboxylic acids is 1. The zero-order valence-electron chi connectivity index (χ0n) is 17.5. The maximum Gasteiger partial charge on any atom is 0.226 e. The number of oxime groups is 1. The van der Waals surface area contributed by atoms with Gasteiger partial charge in [0.05, 0.1) is 26.5 Å². The van der Waals surface area contributed by atoms with Gasteiger partial charge in [0.1, 0.15) is 11.5 Å². The first-order chi connectivity index (χ1) is 14.7. The van der Waals surface area contributed by atoms with Crippen LogP contribution in [0.4, 0.5) is 0 Å². The van der Waals surface area contributed by atoms with Gasteiger partial charge in [0.2, 0.25) is 5.91 Å². The van der Waals surface area contributed by atoms with Gasteiger partial charge in [-0.2, -0.15) is 0 Å². The molecule has 1 fully saturated rings. The lowest BCUT2D eigenvalue weighted by molar-refractivity contribution is -0.140. The van der Waals surface area contributed by atoms with Crippen LogP contribution in [0.15, 0.2) is 53.7 Å². The third-order valence-corrected chi connectivity index (χ3v) is 5.85. The molecule has 2 aromatic rings. The highest BCUT2D eigenvalue weighted by Gasteiger charge is 2.33. The van der Waals surface area contributed by atoms with Crippen molar-refractivity contribution in [3.63, 3.8) is 0 Å². The van der Waals surface area contributed by atoms with Gasteiger partial charge in [-0.1, -0.05) is 23.7 Å². The van der Waals surface area contributed by atoms with Crippen molar-refractivity contribution < 1.29 is 19.1 Å². The molecule has 0 spiro atoms. The molecule has 1 unspecified atom stereocenters. The van der Waals surface area contributed by atoms with Crippen LogP contribution in [-0.4, -0.2) is 43.4 Å². The average molecular weight is 408 g/mol. The maximum absolute atomic E-state index is 13.1. The molecule has 0 radical (unpaired) electrons. The number of rotatable bonds is 8. The van der Waals surface area contributed by atoms with E-state index in [-0.39, 0.29) is 17.9 Å². The summed E-state index contributed by atoms with van der Waals surface area (Å²) in [6.07, 6.45) is 3.63. The van der Waals surface area contributed by atoms with Crippen molar-refractivity contribution >= 4 is 11.6 Å². The normalized spacial score (nSPS) is 18.2. The smallest absolute Gasteiger partial charge is 0.226 e. The summed E-state index contributed by atoms with van der Waals surface area (Å²) in [5, 5.41) is 4.29. The third-order valence-electron chi connectivity index (χ3n) is 5.85. The number of nitrogens with zero attached hydrogens (tertiary/aromatic N) is 2. The molecule has 2 aromatic carbocycles. The van der Waals surface area contributed by atoms with Crippen molar-refractivity contribution in [3.05, 3.63) is 59.7 Å². The summed E-state index contributed by atoms with van der Waals surface area (Å²) in [4.78, 5) is 20.7. The van der Waals surface area contributed by atoms with E-state index in [0.29, 0.717) is 19.5 Å². The van der Waals surface area contributed by atoms with Gasteiger partial charge in [-0.15, -0.1) is 0 Å². The monoisotopic (exact) mass is 408 g/mol.